The highest BCUT2D eigenvalue weighted by Gasteiger charge is 2.28. The van der Waals surface area contributed by atoms with E-state index in [2.05, 4.69) is 40.9 Å². The standard InChI is InChI=1S/C19H31ClN4O/c1-4-21-19(24-12-11-17(14-24)23(5-2)6-3)22-13-18(25)15-7-9-16(20)10-8-15/h7-10,17-18,25H,4-6,11-14H2,1-3H3,(H,21,22). The van der Waals surface area contributed by atoms with E-state index >= 15 is 0 Å². The molecule has 0 spiro atoms. The number of likely N-dealkylation sites (N-methyl/N-ethyl adjacent to an activating group) is 1. The largest absolute Gasteiger partial charge is 0.386 e. The fourth-order valence-electron chi connectivity index (χ4n) is 3.36. The summed E-state index contributed by atoms with van der Waals surface area (Å²) in [7, 11) is 0. The van der Waals surface area contributed by atoms with Crippen molar-refractivity contribution in [1.82, 2.24) is 15.1 Å². The Hall–Kier alpha value is -1.30. The smallest absolute Gasteiger partial charge is 0.194 e. The summed E-state index contributed by atoms with van der Waals surface area (Å²) in [4.78, 5) is 9.48. The first kappa shape index (κ1) is 20.0. The van der Waals surface area contributed by atoms with E-state index in [1.165, 1.54) is 0 Å². The van der Waals surface area contributed by atoms with E-state index in [1.54, 1.807) is 12.1 Å². The van der Waals surface area contributed by atoms with Crippen LogP contribution in [0, 0.1) is 0 Å². The maximum absolute atomic E-state index is 10.4. The molecule has 0 aromatic heterocycles. The number of guanidine groups is 1. The molecular weight excluding hydrogens is 336 g/mol. The lowest BCUT2D eigenvalue weighted by molar-refractivity contribution is 0.186. The molecule has 2 unspecified atom stereocenters. The average molecular weight is 367 g/mol. The number of aliphatic hydroxyl groups is 1. The monoisotopic (exact) mass is 366 g/mol. The number of likely N-dealkylation sites (tertiary alicyclic amines) is 1. The van der Waals surface area contributed by atoms with Crippen molar-refractivity contribution in [3.8, 4) is 0 Å². The Balaban J connectivity index is 1.99. The quantitative estimate of drug-likeness (QED) is 0.575. The number of aliphatic imine (C=N–C) groups is 1. The van der Waals surface area contributed by atoms with Crippen molar-refractivity contribution in [1.29, 1.82) is 0 Å². The molecule has 1 aromatic rings. The molecule has 2 rings (SSSR count). The average Bonchev–Trinajstić information content (AvgIpc) is 3.09. The molecule has 0 bridgehead atoms. The van der Waals surface area contributed by atoms with Gasteiger partial charge in [-0.15, -0.1) is 0 Å². The molecule has 1 heterocycles. The summed E-state index contributed by atoms with van der Waals surface area (Å²) in [6.45, 7) is 11.8. The Morgan fingerprint density at radius 1 is 1.32 bits per heavy atom. The van der Waals surface area contributed by atoms with Crippen LogP contribution < -0.4 is 5.32 Å². The zero-order valence-corrected chi connectivity index (χ0v) is 16.3. The Labute approximate surface area is 156 Å². The van der Waals surface area contributed by atoms with Gasteiger partial charge in [-0.05, 0) is 44.1 Å². The zero-order chi connectivity index (χ0) is 18.2. The van der Waals surface area contributed by atoms with Crippen LogP contribution in [0.1, 0.15) is 38.9 Å². The van der Waals surface area contributed by atoms with E-state index in [9.17, 15) is 5.11 Å². The number of aliphatic hydroxyl groups excluding tert-OH is 1. The van der Waals surface area contributed by atoms with Crippen molar-refractivity contribution in [3.63, 3.8) is 0 Å². The Morgan fingerprint density at radius 3 is 2.60 bits per heavy atom. The van der Waals surface area contributed by atoms with Crippen LogP contribution in [0.2, 0.25) is 5.02 Å². The van der Waals surface area contributed by atoms with E-state index in [4.69, 9.17) is 11.6 Å². The number of hydrogen-bond acceptors (Lipinski definition) is 3. The van der Waals surface area contributed by atoms with Crippen LogP contribution in [0.5, 0.6) is 0 Å². The van der Waals surface area contributed by atoms with Gasteiger partial charge in [0.1, 0.15) is 0 Å². The van der Waals surface area contributed by atoms with Gasteiger partial charge in [0, 0.05) is 30.7 Å². The summed E-state index contributed by atoms with van der Waals surface area (Å²) in [5, 5.41) is 14.4. The molecule has 6 heteroatoms. The van der Waals surface area contributed by atoms with Gasteiger partial charge in [-0.2, -0.15) is 0 Å². The van der Waals surface area contributed by atoms with Crippen LogP contribution in [-0.4, -0.2) is 66.2 Å². The summed E-state index contributed by atoms with van der Waals surface area (Å²) >= 11 is 5.90. The number of nitrogens with zero attached hydrogens (tertiary/aromatic N) is 3. The topological polar surface area (TPSA) is 51.1 Å². The van der Waals surface area contributed by atoms with Crippen LogP contribution in [0.15, 0.2) is 29.3 Å². The summed E-state index contributed by atoms with van der Waals surface area (Å²) in [5.74, 6) is 0.894. The van der Waals surface area contributed by atoms with Gasteiger partial charge in [-0.25, -0.2) is 0 Å². The number of halogens is 1. The minimum Gasteiger partial charge on any atom is -0.386 e. The van der Waals surface area contributed by atoms with Crippen molar-refractivity contribution < 1.29 is 5.11 Å². The van der Waals surface area contributed by atoms with Crippen molar-refractivity contribution >= 4 is 17.6 Å². The predicted octanol–water partition coefficient (Wildman–Crippen LogP) is 2.76. The van der Waals surface area contributed by atoms with Gasteiger partial charge in [0.15, 0.2) is 5.96 Å². The second-order valence-electron chi connectivity index (χ2n) is 6.37. The van der Waals surface area contributed by atoms with Crippen molar-refractivity contribution in [2.75, 3.05) is 39.3 Å². The van der Waals surface area contributed by atoms with Gasteiger partial charge in [0.25, 0.3) is 0 Å². The highest BCUT2D eigenvalue weighted by Crippen LogP contribution is 2.18. The molecule has 0 aliphatic carbocycles. The first-order valence-corrected chi connectivity index (χ1v) is 9.67. The van der Waals surface area contributed by atoms with Crippen LogP contribution in [0.25, 0.3) is 0 Å². The first-order valence-electron chi connectivity index (χ1n) is 9.29. The van der Waals surface area contributed by atoms with Crippen molar-refractivity contribution in [3.05, 3.63) is 34.9 Å². The molecule has 1 aromatic carbocycles. The maximum atomic E-state index is 10.4. The van der Waals surface area contributed by atoms with E-state index in [1.807, 2.05) is 12.1 Å². The Morgan fingerprint density at radius 2 is 2.00 bits per heavy atom. The van der Waals surface area contributed by atoms with Gasteiger partial charge < -0.3 is 15.3 Å². The molecule has 140 valence electrons. The number of nitrogens with one attached hydrogen (secondary N) is 1. The molecule has 0 amide bonds. The van der Waals surface area contributed by atoms with E-state index in [0.29, 0.717) is 17.6 Å². The SMILES string of the molecule is CCNC(=NCC(O)c1ccc(Cl)cc1)N1CCC(N(CC)CC)C1. The van der Waals surface area contributed by atoms with Gasteiger partial charge in [0.05, 0.1) is 12.6 Å². The Kier molecular flexibility index (Phi) is 8.00. The summed E-state index contributed by atoms with van der Waals surface area (Å²) in [6.07, 6.45) is 0.540. The summed E-state index contributed by atoms with van der Waals surface area (Å²) in [5.41, 5.74) is 0.839. The lowest BCUT2D eigenvalue weighted by Crippen LogP contribution is -2.43. The van der Waals surface area contributed by atoms with Crippen LogP contribution >= 0.6 is 11.6 Å². The third kappa shape index (κ3) is 5.59. The minimum absolute atomic E-state index is 0.344. The molecule has 0 saturated carbocycles. The highest BCUT2D eigenvalue weighted by molar-refractivity contribution is 6.30. The van der Waals surface area contributed by atoms with Gasteiger partial charge in [-0.1, -0.05) is 37.6 Å². The predicted molar refractivity (Wildman–Crippen MR) is 105 cm³/mol. The summed E-state index contributed by atoms with van der Waals surface area (Å²) in [6, 6.07) is 7.87. The first-order chi connectivity index (χ1) is 12.1. The molecule has 25 heavy (non-hydrogen) atoms. The molecule has 1 aliphatic rings. The second kappa shape index (κ2) is 10.00. The molecule has 5 nitrogen and oxygen atoms in total. The van der Waals surface area contributed by atoms with Crippen molar-refractivity contribution in [2.45, 2.75) is 39.3 Å². The zero-order valence-electron chi connectivity index (χ0n) is 15.6. The van der Waals surface area contributed by atoms with Crippen LogP contribution in [0.4, 0.5) is 0 Å². The van der Waals surface area contributed by atoms with Gasteiger partial charge in [-0.3, -0.25) is 9.89 Å². The molecule has 2 atom stereocenters. The normalized spacial score (nSPS) is 19.5. The molecular formula is C19H31ClN4O. The molecule has 2 N–H and O–H groups in total. The minimum atomic E-state index is -0.618. The second-order valence-corrected chi connectivity index (χ2v) is 6.81. The lowest BCUT2D eigenvalue weighted by Gasteiger charge is -2.27. The number of hydrogen-bond donors (Lipinski definition) is 2. The number of benzene rings is 1. The fraction of sp³-hybridized carbons (Fsp3) is 0.632. The number of rotatable bonds is 7. The van der Waals surface area contributed by atoms with E-state index < -0.39 is 6.10 Å². The molecule has 1 fully saturated rings. The van der Waals surface area contributed by atoms with Crippen LogP contribution in [0.3, 0.4) is 0 Å². The maximum Gasteiger partial charge on any atom is 0.194 e. The van der Waals surface area contributed by atoms with Crippen LogP contribution in [-0.2, 0) is 0 Å². The summed E-state index contributed by atoms with van der Waals surface area (Å²) < 4.78 is 0. The lowest BCUT2D eigenvalue weighted by atomic mass is 10.1. The van der Waals surface area contributed by atoms with E-state index in [-0.39, 0.29) is 0 Å². The van der Waals surface area contributed by atoms with Gasteiger partial charge >= 0.3 is 0 Å². The molecule has 1 aliphatic heterocycles. The van der Waals surface area contributed by atoms with E-state index in [0.717, 1.165) is 50.7 Å². The highest BCUT2D eigenvalue weighted by atomic mass is 35.5. The fourth-order valence-corrected chi connectivity index (χ4v) is 3.49. The molecule has 1 saturated heterocycles. The third-order valence-electron chi connectivity index (χ3n) is 4.80. The van der Waals surface area contributed by atoms with Gasteiger partial charge in [0.2, 0.25) is 0 Å². The van der Waals surface area contributed by atoms with Crippen molar-refractivity contribution in [2.24, 2.45) is 4.99 Å². The Bertz CT molecular complexity index is 545. The molecule has 0 radical (unpaired) electrons. The third-order valence-corrected chi connectivity index (χ3v) is 5.05.